The quantitative estimate of drug-likeness (QED) is 0.664. The number of hydrogen-bond donors (Lipinski definition) is 2. The van der Waals surface area contributed by atoms with Crippen LogP contribution in [0.2, 0.25) is 0 Å². The van der Waals surface area contributed by atoms with Crippen molar-refractivity contribution in [2.45, 2.75) is 6.04 Å². The average molecular weight is 303 g/mol. The third kappa shape index (κ3) is 2.33. The predicted molar refractivity (Wildman–Crippen MR) is 63.2 cm³/mol. The Morgan fingerprint density at radius 2 is 2.29 bits per heavy atom. The van der Waals surface area contributed by atoms with E-state index in [-0.39, 0.29) is 11.6 Å². The third-order valence-corrected chi connectivity index (χ3v) is 2.79. The minimum atomic E-state index is -0.929. The van der Waals surface area contributed by atoms with E-state index in [1.807, 2.05) is 0 Å². The maximum Gasteiger partial charge on any atom is 0.335 e. The van der Waals surface area contributed by atoms with Gasteiger partial charge in [-0.05, 0) is 40.3 Å². The van der Waals surface area contributed by atoms with Crippen molar-refractivity contribution in [1.29, 1.82) is 0 Å². The van der Waals surface area contributed by atoms with E-state index in [1.54, 1.807) is 24.3 Å². The van der Waals surface area contributed by atoms with Gasteiger partial charge in [-0.25, -0.2) is 4.79 Å². The van der Waals surface area contributed by atoms with Gasteiger partial charge in [0.1, 0.15) is 0 Å². The molecule has 4 heteroatoms. The summed E-state index contributed by atoms with van der Waals surface area (Å²) in [6.45, 7) is 3.59. The number of rotatable bonds is 3. The van der Waals surface area contributed by atoms with Crippen LogP contribution in [0.1, 0.15) is 22.0 Å². The van der Waals surface area contributed by atoms with E-state index in [2.05, 4.69) is 29.2 Å². The van der Waals surface area contributed by atoms with Crippen LogP contribution in [0.15, 0.2) is 30.9 Å². The van der Waals surface area contributed by atoms with Crippen molar-refractivity contribution in [3.8, 4) is 0 Å². The van der Waals surface area contributed by atoms with Crippen LogP contribution in [-0.2, 0) is 0 Å². The molecular weight excluding hydrogens is 293 g/mol. The van der Waals surface area contributed by atoms with Crippen molar-refractivity contribution in [1.82, 2.24) is 0 Å². The van der Waals surface area contributed by atoms with Crippen LogP contribution in [0, 0.1) is 3.57 Å². The van der Waals surface area contributed by atoms with E-state index >= 15 is 0 Å². The van der Waals surface area contributed by atoms with Crippen LogP contribution in [0.3, 0.4) is 0 Å². The van der Waals surface area contributed by atoms with E-state index < -0.39 is 5.97 Å². The largest absolute Gasteiger partial charge is 0.478 e. The van der Waals surface area contributed by atoms with Gasteiger partial charge in [0.2, 0.25) is 0 Å². The Hall–Kier alpha value is -0.880. The molecule has 0 fully saturated rings. The van der Waals surface area contributed by atoms with Crippen molar-refractivity contribution in [2.75, 3.05) is 0 Å². The Bertz CT molecular complexity index is 376. The van der Waals surface area contributed by atoms with Crippen molar-refractivity contribution in [3.63, 3.8) is 0 Å². The number of benzene rings is 1. The zero-order valence-electron chi connectivity index (χ0n) is 7.40. The van der Waals surface area contributed by atoms with Crippen molar-refractivity contribution < 1.29 is 9.90 Å². The number of carbonyl (C=O) groups is 1. The normalized spacial score (nSPS) is 12.1. The number of aromatic carboxylic acids is 1. The molecule has 0 heterocycles. The van der Waals surface area contributed by atoms with E-state index in [9.17, 15) is 4.79 Å². The summed E-state index contributed by atoms with van der Waals surface area (Å²) in [7, 11) is 0. The summed E-state index contributed by atoms with van der Waals surface area (Å²) in [5.74, 6) is -0.929. The van der Waals surface area contributed by atoms with Gasteiger partial charge in [0.25, 0.3) is 0 Å². The Balaban J connectivity index is 3.13. The van der Waals surface area contributed by atoms with Crippen LogP contribution in [-0.4, -0.2) is 11.1 Å². The minimum absolute atomic E-state index is 0.246. The molecule has 0 aliphatic heterocycles. The first-order valence-electron chi connectivity index (χ1n) is 3.97. The molecule has 1 rings (SSSR count). The maximum absolute atomic E-state index is 10.6. The maximum atomic E-state index is 10.6. The Morgan fingerprint density at radius 1 is 1.64 bits per heavy atom. The van der Waals surface area contributed by atoms with Gasteiger partial charge >= 0.3 is 5.97 Å². The van der Waals surface area contributed by atoms with Gasteiger partial charge in [-0.15, -0.1) is 6.58 Å². The summed E-state index contributed by atoms with van der Waals surface area (Å²) in [6, 6.07) is 4.62. The SMILES string of the molecule is C=C[C@@H](N)c1ccc(C(=O)O)cc1I. The number of nitrogens with two attached hydrogens (primary N) is 1. The van der Waals surface area contributed by atoms with Gasteiger partial charge < -0.3 is 10.8 Å². The first kappa shape index (κ1) is 11.2. The summed E-state index contributed by atoms with van der Waals surface area (Å²) < 4.78 is 0.843. The molecule has 0 radical (unpaired) electrons. The summed E-state index contributed by atoms with van der Waals surface area (Å²) in [5.41, 5.74) is 6.92. The number of halogens is 1. The molecule has 0 bridgehead atoms. The highest BCUT2D eigenvalue weighted by Crippen LogP contribution is 2.20. The standard InChI is InChI=1S/C10H10INO2/c1-2-9(12)7-4-3-6(10(13)14)5-8(7)11/h2-5,9H,1,12H2,(H,13,14)/t9-/m1/s1. The van der Waals surface area contributed by atoms with Crippen LogP contribution in [0.4, 0.5) is 0 Å². The lowest BCUT2D eigenvalue weighted by molar-refractivity contribution is 0.0697. The fourth-order valence-electron chi connectivity index (χ4n) is 1.06. The molecule has 74 valence electrons. The number of carboxylic acids is 1. The topological polar surface area (TPSA) is 63.3 Å². The second kappa shape index (κ2) is 4.56. The van der Waals surface area contributed by atoms with Gasteiger partial charge in [0, 0.05) is 9.61 Å². The van der Waals surface area contributed by atoms with Crippen LogP contribution in [0.25, 0.3) is 0 Å². The highest BCUT2D eigenvalue weighted by molar-refractivity contribution is 14.1. The molecule has 0 spiro atoms. The Morgan fingerprint density at radius 3 is 2.71 bits per heavy atom. The third-order valence-electron chi connectivity index (χ3n) is 1.86. The first-order valence-corrected chi connectivity index (χ1v) is 5.05. The van der Waals surface area contributed by atoms with Crippen LogP contribution < -0.4 is 5.73 Å². The highest BCUT2D eigenvalue weighted by atomic mass is 127. The van der Waals surface area contributed by atoms with Gasteiger partial charge in [0.15, 0.2) is 0 Å². The van der Waals surface area contributed by atoms with E-state index in [0.717, 1.165) is 9.13 Å². The molecular formula is C10H10INO2. The second-order valence-electron chi connectivity index (χ2n) is 2.80. The van der Waals surface area contributed by atoms with Gasteiger partial charge in [-0.3, -0.25) is 0 Å². The molecule has 3 N–H and O–H groups in total. The zero-order chi connectivity index (χ0) is 10.7. The lowest BCUT2D eigenvalue weighted by atomic mass is 10.1. The van der Waals surface area contributed by atoms with E-state index in [0.29, 0.717) is 0 Å². The average Bonchev–Trinajstić information content (AvgIpc) is 2.16. The van der Waals surface area contributed by atoms with Crippen LogP contribution in [0.5, 0.6) is 0 Å². The van der Waals surface area contributed by atoms with E-state index in [4.69, 9.17) is 10.8 Å². The van der Waals surface area contributed by atoms with Gasteiger partial charge in [-0.1, -0.05) is 12.1 Å². The molecule has 1 aromatic carbocycles. The lowest BCUT2D eigenvalue weighted by Gasteiger charge is -2.09. The van der Waals surface area contributed by atoms with Gasteiger partial charge in [0.05, 0.1) is 5.56 Å². The van der Waals surface area contributed by atoms with E-state index in [1.165, 1.54) is 0 Å². The first-order chi connectivity index (χ1) is 6.56. The minimum Gasteiger partial charge on any atom is -0.478 e. The fraction of sp³-hybridized carbons (Fsp3) is 0.100. The molecule has 1 aromatic rings. The summed E-state index contributed by atoms with van der Waals surface area (Å²) in [5, 5.41) is 8.74. The van der Waals surface area contributed by atoms with Crippen LogP contribution >= 0.6 is 22.6 Å². The molecule has 0 amide bonds. The molecule has 0 aromatic heterocycles. The monoisotopic (exact) mass is 303 g/mol. The molecule has 3 nitrogen and oxygen atoms in total. The molecule has 0 unspecified atom stereocenters. The zero-order valence-corrected chi connectivity index (χ0v) is 9.56. The smallest absolute Gasteiger partial charge is 0.335 e. The molecule has 0 saturated heterocycles. The highest BCUT2D eigenvalue weighted by Gasteiger charge is 2.09. The number of carboxylic acid groups (broad SMARTS) is 1. The molecule has 1 atom stereocenters. The van der Waals surface area contributed by atoms with Crippen molar-refractivity contribution >= 4 is 28.6 Å². The summed E-state index contributed by atoms with van der Waals surface area (Å²) >= 11 is 2.07. The molecule has 14 heavy (non-hydrogen) atoms. The predicted octanol–water partition coefficient (Wildman–Crippen LogP) is 2.18. The Labute approximate surface area is 95.8 Å². The van der Waals surface area contributed by atoms with Crippen molar-refractivity contribution in [2.24, 2.45) is 5.73 Å². The summed E-state index contributed by atoms with van der Waals surface area (Å²) in [4.78, 5) is 10.6. The number of hydrogen-bond acceptors (Lipinski definition) is 2. The fourth-order valence-corrected chi connectivity index (χ4v) is 1.93. The second-order valence-corrected chi connectivity index (χ2v) is 3.97. The van der Waals surface area contributed by atoms with Crippen molar-refractivity contribution in [3.05, 3.63) is 45.6 Å². The lowest BCUT2D eigenvalue weighted by Crippen LogP contribution is -2.09. The molecule has 0 aliphatic carbocycles. The Kier molecular flexibility index (Phi) is 3.65. The summed E-state index contributed by atoms with van der Waals surface area (Å²) in [6.07, 6.45) is 1.62. The molecule has 0 saturated carbocycles. The molecule has 0 aliphatic rings. The van der Waals surface area contributed by atoms with Gasteiger partial charge in [-0.2, -0.15) is 0 Å².